The first-order valence-corrected chi connectivity index (χ1v) is 7.71. The van der Waals surface area contributed by atoms with E-state index in [1.807, 2.05) is 30.3 Å². The van der Waals surface area contributed by atoms with Gasteiger partial charge in [0.25, 0.3) is 0 Å². The third kappa shape index (κ3) is 7.78. The Morgan fingerprint density at radius 2 is 1.65 bits per heavy atom. The first-order chi connectivity index (χ1) is 9.86. The van der Waals surface area contributed by atoms with Gasteiger partial charge in [0.2, 0.25) is 0 Å². The van der Waals surface area contributed by atoms with Crippen LogP contribution in [0.2, 0.25) is 0 Å². The van der Waals surface area contributed by atoms with Crippen LogP contribution in [0.15, 0.2) is 36.1 Å². The highest BCUT2D eigenvalue weighted by Gasteiger charge is 1.97. The molecule has 0 aliphatic rings. The lowest BCUT2D eigenvalue weighted by molar-refractivity contribution is -0.107. The van der Waals surface area contributed by atoms with E-state index in [0.717, 1.165) is 18.3 Å². The molecule has 0 unspecified atom stereocenters. The number of allylic oxidation sites excluding steroid dienone is 1. The molecular formula is C18H26O2. The van der Waals surface area contributed by atoms with Gasteiger partial charge in [-0.05, 0) is 18.1 Å². The topological polar surface area (TPSA) is 26.3 Å². The molecule has 1 aromatic rings. The zero-order valence-electron chi connectivity index (χ0n) is 12.5. The van der Waals surface area contributed by atoms with Crippen molar-refractivity contribution in [3.8, 4) is 0 Å². The summed E-state index contributed by atoms with van der Waals surface area (Å²) in [6.07, 6.45) is 11.3. The molecule has 0 bridgehead atoms. The van der Waals surface area contributed by atoms with E-state index in [-0.39, 0.29) is 0 Å². The monoisotopic (exact) mass is 274 g/mol. The van der Waals surface area contributed by atoms with Gasteiger partial charge in [-0.15, -0.1) is 0 Å². The van der Waals surface area contributed by atoms with Crippen LogP contribution in [0.5, 0.6) is 0 Å². The first-order valence-electron chi connectivity index (χ1n) is 7.71. The largest absolute Gasteiger partial charge is 0.490 e. The van der Waals surface area contributed by atoms with E-state index < -0.39 is 0 Å². The van der Waals surface area contributed by atoms with Crippen LogP contribution >= 0.6 is 0 Å². The highest BCUT2D eigenvalue weighted by Crippen LogP contribution is 2.09. The number of hydrogen-bond donors (Lipinski definition) is 0. The van der Waals surface area contributed by atoms with Crippen molar-refractivity contribution < 1.29 is 9.53 Å². The lowest BCUT2D eigenvalue weighted by Gasteiger charge is -2.05. The average Bonchev–Trinajstić information content (AvgIpc) is 2.49. The van der Waals surface area contributed by atoms with Crippen LogP contribution in [0.1, 0.15) is 57.4 Å². The van der Waals surface area contributed by atoms with E-state index in [9.17, 15) is 4.79 Å². The van der Waals surface area contributed by atoms with Gasteiger partial charge in [-0.25, -0.2) is 0 Å². The summed E-state index contributed by atoms with van der Waals surface area (Å²) in [5.41, 5.74) is 0.995. The zero-order chi connectivity index (χ0) is 14.5. The van der Waals surface area contributed by atoms with Gasteiger partial charge in [0.05, 0.1) is 6.61 Å². The predicted octanol–water partition coefficient (Wildman–Crippen LogP) is 4.99. The Morgan fingerprint density at radius 1 is 1.00 bits per heavy atom. The molecule has 0 atom stereocenters. The van der Waals surface area contributed by atoms with E-state index >= 15 is 0 Å². The number of aldehydes is 1. The maximum Gasteiger partial charge on any atom is 0.184 e. The summed E-state index contributed by atoms with van der Waals surface area (Å²) >= 11 is 0. The van der Waals surface area contributed by atoms with Gasteiger partial charge in [-0.3, -0.25) is 4.79 Å². The highest BCUT2D eigenvalue weighted by molar-refractivity contribution is 5.78. The van der Waals surface area contributed by atoms with E-state index in [2.05, 4.69) is 6.92 Å². The number of benzene rings is 1. The third-order valence-corrected chi connectivity index (χ3v) is 3.24. The van der Waals surface area contributed by atoms with Crippen LogP contribution in [0.4, 0.5) is 0 Å². The van der Waals surface area contributed by atoms with Crippen LogP contribution in [-0.4, -0.2) is 12.9 Å². The summed E-state index contributed by atoms with van der Waals surface area (Å²) in [6, 6.07) is 9.77. The molecule has 0 heterocycles. The number of unbranched alkanes of at least 4 members (excludes halogenated alkanes) is 6. The van der Waals surface area contributed by atoms with Crippen molar-refractivity contribution in [3.63, 3.8) is 0 Å². The normalized spacial score (nSPS) is 11.3. The summed E-state index contributed by atoms with van der Waals surface area (Å²) in [6.45, 7) is 2.86. The van der Waals surface area contributed by atoms with Crippen LogP contribution in [0, 0.1) is 0 Å². The summed E-state index contributed by atoms with van der Waals surface area (Å²) in [5, 5.41) is 0. The SMILES string of the molecule is CCCCCCCCCOC(C=O)=Cc1ccccc1. The second-order valence-corrected chi connectivity index (χ2v) is 5.05. The number of ether oxygens (including phenoxy) is 1. The summed E-state index contributed by atoms with van der Waals surface area (Å²) < 4.78 is 5.52. The smallest absolute Gasteiger partial charge is 0.184 e. The fraction of sp³-hybridized carbons (Fsp3) is 0.500. The van der Waals surface area contributed by atoms with E-state index in [1.165, 1.54) is 38.5 Å². The molecule has 0 fully saturated rings. The minimum absolute atomic E-state index is 0.419. The van der Waals surface area contributed by atoms with Gasteiger partial charge in [0, 0.05) is 0 Å². The molecule has 110 valence electrons. The molecule has 0 N–H and O–H groups in total. The molecule has 20 heavy (non-hydrogen) atoms. The van der Waals surface area contributed by atoms with Crippen molar-refractivity contribution in [2.75, 3.05) is 6.61 Å². The summed E-state index contributed by atoms with van der Waals surface area (Å²) in [7, 11) is 0. The molecule has 0 radical (unpaired) electrons. The van der Waals surface area contributed by atoms with Crippen LogP contribution in [0.25, 0.3) is 6.08 Å². The third-order valence-electron chi connectivity index (χ3n) is 3.24. The molecule has 2 nitrogen and oxygen atoms in total. The van der Waals surface area contributed by atoms with Crippen molar-refractivity contribution in [2.24, 2.45) is 0 Å². The minimum Gasteiger partial charge on any atom is -0.490 e. The molecule has 1 rings (SSSR count). The quantitative estimate of drug-likeness (QED) is 0.246. The van der Waals surface area contributed by atoms with E-state index in [1.54, 1.807) is 6.08 Å². The number of carbonyl (C=O) groups is 1. The molecule has 2 heteroatoms. The lowest BCUT2D eigenvalue weighted by atomic mass is 10.1. The van der Waals surface area contributed by atoms with Crippen molar-refractivity contribution >= 4 is 12.4 Å². The molecule has 0 aliphatic carbocycles. The fourth-order valence-electron chi connectivity index (χ4n) is 2.07. The molecule has 0 aromatic heterocycles. The number of rotatable bonds is 11. The average molecular weight is 274 g/mol. The Morgan fingerprint density at radius 3 is 2.30 bits per heavy atom. The highest BCUT2D eigenvalue weighted by atomic mass is 16.5. The van der Waals surface area contributed by atoms with Gasteiger partial charge in [-0.2, -0.15) is 0 Å². The summed E-state index contributed by atoms with van der Waals surface area (Å²) in [4.78, 5) is 11.0. The standard InChI is InChI=1S/C18H26O2/c1-2-3-4-5-6-7-11-14-20-18(16-19)15-17-12-9-8-10-13-17/h8-10,12-13,15-16H,2-7,11,14H2,1H3. The number of hydrogen-bond acceptors (Lipinski definition) is 2. The minimum atomic E-state index is 0.419. The van der Waals surface area contributed by atoms with Gasteiger partial charge in [0.15, 0.2) is 12.0 Å². The maximum absolute atomic E-state index is 11.0. The predicted molar refractivity (Wildman–Crippen MR) is 84.4 cm³/mol. The van der Waals surface area contributed by atoms with Crippen molar-refractivity contribution in [1.82, 2.24) is 0 Å². The van der Waals surface area contributed by atoms with Gasteiger partial charge >= 0.3 is 0 Å². The van der Waals surface area contributed by atoms with E-state index in [4.69, 9.17) is 4.74 Å². The van der Waals surface area contributed by atoms with Crippen LogP contribution < -0.4 is 0 Å². The van der Waals surface area contributed by atoms with Gasteiger partial charge < -0.3 is 4.74 Å². The van der Waals surface area contributed by atoms with Gasteiger partial charge in [-0.1, -0.05) is 75.8 Å². The molecular weight excluding hydrogens is 248 g/mol. The number of carbonyl (C=O) groups excluding carboxylic acids is 1. The van der Waals surface area contributed by atoms with Crippen molar-refractivity contribution in [2.45, 2.75) is 51.9 Å². The Kier molecular flexibility index (Phi) is 9.29. The molecule has 1 aromatic carbocycles. The van der Waals surface area contributed by atoms with Crippen molar-refractivity contribution in [1.29, 1.82) is 0 Å². The molecule has 0 saturated heterocycles. The Balaban J connectivity index is 2.16. The maximum atomic E-state index is 11.0. The molecule has 0 aliphatic heterocycles. The van der Waals surface area contributed by atoms with Gasteiger partial charge in [0.1, 0.15) is 0 Å². The Labute approximate surface area is 122 Å². The second kappa shape index (κ2) is 11.3. The van der Waals surface area contributed by atoms with E-state index in [0.29, 0.717) is 12.4 Å². The molecule has 0 amide bonds. The first kappa shape index (κ1) is 16.5. The zero-order valence-corrected chi connectivity index (χ0v) is 12.5. The Bertz CT molecular complexity index is 382. The van der Waals surface area contributed by atoms with Crippen LogP contribution in [0.3, 0.4) is 0 Å². The fourth-order valence-corrected chi connectivity index (χ4v) is 2.07. The molecule has 0 saturated carbocycles. The van der Waals surface area contributed by atoms with Crippen molar-refractivity contribution in [3.05, 3.63) is 41.7 Å². The van der Waals surface area contributed by atoms with Crippen LogP contribution in [-0.2, 0) is 9.53 Å². The Hall–Kier alpha value is -1.57. The molecule has 0 spiro atoms. The summed E-state index contributed by atoms with van der Waals surface area (Å²) in [5.74, 6) is 0.419. The lowest BCUT2D eigenvalue weighted by Crippen LogP contribution is -1.96. The second-order valence-electron chi connectivity index (χ2n) is 5.05.